The smallest absolute Gasteiger partial charge is 0.225 e. The Kier molecular flexibility index (Phi) is 3.83. The molecule has 0 unspecified atom stereocenters. The molecule has 0 spiro atoms. The van der Waals surface area contributed by atoms with Crippen LogP contribution in [0.4, 0.5) is 11.1 Å². The number of anilines is 2. The Balaban J connectivity index is 1.68. The monoisotopic (exact) mass is 303 g/mol. The second-order valence-electron chi connectivity index (χ2n) is 4.99. The first-order valence-electron chi connectivity index (χ1n) is 6.90. The molecule has 0 saturated carbocycles. The van der Waals surface area contributed by atoms with Crippen molar-refractivity contribution in [1.82, 2.24) is 15.0 Å². The zero-order chi connectivity index (χ0) is 14.8. The van der Waals surface area contributed by atoms with Crippen LogP contribution in [0.3, 0.4) is 0 Å². The molecule has 1 aliphatic heterocycles. The summed E-state index contributed by atoms with van der Waals surface area (Å²) in [5, 5.41) is 0.936. The first-order chi connectivity index (χ1) is 10.1. The predicted octanol–water partition coefficient (Wildman–Crippen LogP) is 1.77. The van der Waals surface area contributed by atoms with Crippen LogP contribution in [0.25, 0.3) is 0 Å². The average Bonchev–Trinajstić information content (AvgIpc) is 2.90. The number of hydrogen-bond acceptors (Lipinski definition) is 7. The van der Waals surface area contributed by atoms with Crippen LogP contribution in [0.1, 0.15) is 22.3 Å². The number of carbonyl (C=O) groups excluding carboxylic acids is 1. The van der Waals surface area contributed by atoms with Crippen molar-refractivity contribution >= 4 is 28.2 Å². The summed E-state index contributed by atoms with van der Waals surface area (Å²) >= 11 is 1.49. The molecule has 6 nitrogen and oxygen atoms in total. The number of rotatable bonds is 3. The summed E-state index contributed by atoms with van der Waals surface area (Å²) in [6, 6.07) is 1.82. The maximum absolute atomic E-state index is 11.5. The molecule has 3 rings (SSSR count). The van der Waals surface area contributed by atoms with Crippen molar-refractivity contribution in [2.45, 2.75) is 13.8 Å². The van der Waals surface area contributed by atoms with Crippen molar-refractivity contribution in [3.05, 3.63) is 29.0 Å². The van der Waals surface area contributed by atoms with Gasteiger partial charge < -0.3 is 9.80 Å². The lowest BCUT2D eigenvalue weighted by Crippen LogP contribution is -2.47. The van der Waals surface area contributed by atoms with Gasteiger partial charge in [0.1, 0.15) is 0 Å². The SMILES string of the molecule is CC(=O)c1sc(N2CCN(c3ncccn3)CC2)nc1C. The van der Waals surface area contributed by atoms with Crippen molar-refractivity contribution < 1.29 is 4.79 Å². The number of piperazine rings is 1. The van der Waals surface area contributed by atoms with E-state index in [4.69, 9.17) is 0 Å². The normalized spacial score (nSPS) is 15.3. The number of aryl methyl sites for hydroxylation is 1. The molecule has 1 aliphatic rings. The van der Waals surface area contributed by atoms with Crippen LogP contribution in [0.15, 0.2) is 18.5 Å². The Hall–Kier alpha value is -2.02. The molecule has 2 aromatic rings. The van der Waals surface area contributed by atoms with Crippen molar-refractivity contribution in [3.63, 3.8) is 0 Å². The van der Waals surface area contributed by atoms with Gasteiger partial charge in [-0.1, -0.05) is 11.3 Å². The Morgan fingerprint density at radius 2 is 1.76 bits per heavy atom. The summed E-state index contributed by atoms with van der Waals surface area (Å²) in [6.07, 6.45) is 3.52. The number of aromatic nitrogens is 3. The van der Waals surface area contributed by atoms with E-state index in [0.717, 1.165) is 47.8 Å². The van der Waals surface area contributed by atoms with E-state index in [9.17, 15) is 4.79 Å². The van der Waals surface area contributed by atoms with Crippen molar-refractivity contribution in [2.75, 3.05) is 36.0 Å². The van der Waals surface area contributed by atoms with Crippen LogP contribution in [0.5, 0.6) is 0 Å². The van der Waals surface area contributed by atoms with E-state index in [2.05, 4.69) is 24.8 Å². The molecule has 2 aromatic heterocycles. The minimum Gasteiger partial charge on any atom is -0.345 e. The van der Waals surface area contributed by atoms with E-state index in [1.165, 1.54) is 11.3 Å². The Labute approximate surface area is 127 Å². The van der Waals surface area contributed by atoms with Gasteiger partial charge in [0, 0.05) is 45.5 Å². The molecule has 3 heterocycles. The second kappa shape index (κ2) is 5.77. The quantitative estimate of drug-likeness (QED) is 0.805. The van der Waals surface area contributed by atoms with Gasteiger partial charge in [0.15, 0.2) is 10.9 Å². The van der Waals surface area contributed by atoms with E-state index in [0.29, 0.717) is 0 Å². The number of hydrogen-bond donors (Lipinski definition) is 0. The molecule has 0 aromatic carbocycles. The molecule has 1 saturated heterocycles. The topological polar surface area (TPSA) is 62.2 Å². The molecule has 0 radical (unpaired) electrons. The highest BCUT2D eigenvalue weighted by atomic mass is 32.1. The fraction of sp³-hybridized carbons (Fsp3) is 0.429. The number of ketones is 1. The summed E-state index contributed by atoms with van der Waals surface area (Å²) in [5.74, 6) is 0.865. The number of carbonyl (C=O) groups is 1. The van der Waals surface area contributed by atoms with Crippen LogP contribution in [-0.2, 0) is 0 Å². The van der Waals surface area contributed by atoms with Crippen molar-refractivity contribution in [3.8, 4) is 0 Å². The van der Waals surface area contributed by atoms with E-state index in [1.807, 2.05) is 13.0 Å². The molecule has 1 fully saturated rings. The molecule has 110 valence electrons. The fourth-order valence-electron chi connectivity index (χ4n) is 2.40. The van der Waals surface area contributed by atoms with E-state index in [1.54, 1.807) is 19.3 Å². The van der Waals surface area contributed by atoms with E-state index < -0.39 is 0 Å². The minimum absolute atomic E-state index is 0.0903. The van der Waals surface area contributed by atoms with Gasteiger partial charge in [0.25, 0.3) is 0 Å². The largest absolute Gasteiger partial charge is 0.345 e. The molecular weight excluding hydrogens is 286 g/mol. The van der Waals surface area contributed by atoms with Crippen LogP contribution >= 0.6 is 11.3 Å². The first kappa shape index (κ1) is 13.9. The lowest BCUT2D eigenvalue weighted by atomic mass is 10.3. The first-order valence-corrected chi connectivity index (χ1v) is 7.72. The van der Waals surface area contributed by atoms with Gasteiger partial charge in [-0.3, -0.25) is 4.79 Å². The van der Waals surface area contributed by atoms with Gasteiger partial charge in [-0.05, 0) is 13.0 Å². The summed E-state index contributed by atoms with van der Waals surface area (Å²) in [7, 11) is 0. The van der Waals surface area contributed by atoms with Crippen molar-refractivity contribution in [1.29, 1.82) is 0 Å². The Morgan fingerprint density at radius 1 is 1.14 bits per heavy atom. The zero-order valence-corrected chi connectivity index (χ0v) is 12.9. The maximum atomic E-state index is 11.5. The van der Waals surface area contributed by atoms with Crippen LogP contribution in [0, 0.1) is 6.92 Å². The Morgan fingerprint density at radius 3 is 2.33 bits per heavy atom. The minimum atomic E-state index is 0.0903. The summed E-state index contributed by atoms with van der Waals surface area (Å²) in [5.41, 5.74) is 0.830. The molecule has 21 heavy (non-hydrogen) atoms. The van der Waals surface area contributed by atoms with Gasteiger partial charge in [0.2, 0.25) is 5.95 Å². The third-order valence-electron chi connectivity index (χ3n) is 3.49. The number of nitrogens with zero attached hydrogens (tertiary/aromatic N) is 5. The van der Waals surface area contributed by atoms with Crippen LogP contribution in [-0.4, -0.2) is 46.9 Å². The van der Waals surface area contributed by atoms with Gasteiger partial charge in [0.05, 0.1) is 10.6 Å². The van der Waals surface area contributed by atoms with Crippen LogP contribution < -0.4 is 9.80 Å². The average molecular weight is 303 g/mol. The standard InChI is InChI=1S/C14H17N5OS/c1-10-12(11(2)20)21-14(17-10)19-8-6-18(7-9-19)13-15-4-3-5-16-13/h3-5H,6-9H2,1-2H3. The Bertz CT molecular complexity index is 634. The highest BCUT2D eigenvalue weighted by Gasteiger charge is 2.22. The van der Waals surface area contributed by atoms with Gasteiger partial charge in [-0.15, -0.1) is 0 Å². The van der Waals surface area contributed by atoms with Crippen molar-refractivity contribution in [2.24, 2.45) is 0 Å². The molecule has 0 bridgehead atoms. The highest BCUT2D eigenvalue weighted by Crippen LogP contribution is 2.27. The molecule has 0 N–H and O–H groups in total. The summed E-state index contributed by atoms with van der Waals surface area (Å²) in [6.45, 7) is 6.93. The van der Waals surface area contributed by atoms with E-state index in [-0.39, 0.29) is 5.78 Å². The summed E-state index contributed by atoms with van der Waals surface area (Å²) in [4.78, 5) is 29.8. The third kappa shape index (κ3) is 2.87. The van der Waals surface area contributed by atoms with Gasteiger partial charge in [-0.2, -0.15) is 0 Å². The molecule has 0 aliphatic carbocycles. The fourth-order valence-corrected chi connectivity index (χ4v) is 3.41. The molecular formula is C14H17N5OS. The highest BCUT2D eigenvalue weighted by molar-refractivity contribution is 7.17. The molecule has 0 atom stereocenters. The number of Topliss-reactive ketones (excluding diaryl/α,β-unsaturated/α-hetero) is 1. The predicted molar refractivity (Wildman–Crippen MR) is 83.3 cm³/mol. The van der Waals surface area contributed by atoms with Gasteiger partial charge in [-0.25, -0.2) is 15.0 Å². The van der Waals surface area contributed by atoms with Crippen LogP contribution in [0.2, 0.25) is 0 Å². The third-order valence-corrected chi connectivity index (χ3v) is 4.81. The molecule has 7 heteroatoms. The second-order valence-corrected chi connectivity index (χ2v) is 5.97. The molecule has 0 amide bonds. The zero-order valence-electron chi connectivity index (χ0n) is 12.1. The van der Waals surface area contributed by atoms with E-state index >= 15 is 0 Å². The maximum Gasteiger partial charge on any atom is 0.225 e. The number of thiazole rings is 1. The summed E-state index contributed by atoms with van der Waals surface area (Å²) < 4.78 is 0. The van der Waals surface area contributed by atoms with Gasteiger partial charge >= 0.3 is 0 Å². The lowest BCUT2D eigenvalue weighted by molar-refractivity contribution is 0.102. The lowest BCUT2D eigenvalue weighted by Gasteiger charge is -2.34.